The number of nitrogens with one attached hydrogen (secondary N) is 2. The van der Waals surface area contributed by atoms with E-state index in [4.69, 9.17) is 0 Å². The molecule has 1 saturated heterocycles. The Balaban J connectivity index is 1.66. The lowest BCUT2D eigenvalue weighted by Gasteiger charge is -2.22. The van der Waals surface area contributed by atoms with Gasteiger partial charge in [0.2, 0.25) is 5.91 Å². The van der Waals surface area contributed by atoms with Crippen LogP contribution in [0.3, 0.4) is 0 Å². The highest BCUT2D eigenvalue weighted by atomic mass is 79.9. The molecule has 1 fully saturated rings. The molecule has 0 saturated carbocycles. The molecule has 1 unspecified atom stereocenters. The summed E-state index contributed by atoms with van der Waals surface area (Å²) in [4.78, 5) is 38.8. The van der Waals surface area contributed by atoms with Gasteiger partial charge in [0.15, 0.2) is 0 Å². The summed E-state index contributed by atoms with van der Waals surface area (Å²) in [5.41, 5.74) is -0.882. The van der Waals surface area contributed by atoms with E-state index in [0.717, 1.165) is 14.2 Å². The first-order valence-electron chi connectivity index (χ1n) is 7.69. The molecule has 0 radical (unpaired) electrons. The quantitative estimate of drug-likeness (QED) is 0.702. The Hall–Kier alpha value is -2.26. The van der Waals surface area contributed by atoms with Crippen LogP contribution in [0.5, 0.6) is 0 Å². The van der Waals surface area contributed by atoms with Crippen LogP contribution in [0.25, 0.3) is 0 Å². The highest BCUT2D eigenvalue weighted by Crippen LogP contribution is 2.28. The van der Waals surface area contributed by atoms with Crippen LogP contribution >= 0.6 is 27.3 Å². The molecular weight excluding hydrogens is 425 g/mol. The lowest BCUT2D eigenvalue weighted by atomic mass is 9.92. The predicted octanol–water partition coefficient (Wildman–Crippen LogP) is 2.73. The average Bonchev–Trinajstić information content (AvgIpc) is 3.11. The molecule has 0 bridgehead atoms. The van der Waals surface area contributed by atoms with Gasteiger partial charge >= 0.3 is 6.03 Å². The van der Waals surface area contributed by atoms with E-state index >= 15 is 0 Å². The molecule has 3 rings (SSSR count). The monoisotopic (exact) mass is 439 g/mol. The van der Waals surface area contributed by atoms with Crippen molar-refractivity contribution in [3.05, 3.63) is 56.4 Å². The molecule has 1 atom stereocenters. The Kier molecular flexibility index (Phi) is 5.10. The molecular formula is C17H15BrFN3O3S. The highest BCUT2D eigenvalue weighted by Gasteiger charge is 2.49. The second-order valence-corrected chi connectivity index (χ2v) is 7.87. The number of imide groups is 1. The number of hydrogen-bond acceptors (Lipinski definition) is 4. The summed E-state index contributed by atoms with van der Waals surface area (Å²) in [6.07, 6.45) is 0. The maximum absolute atomic E-state index is 13.1. The van der Waals surface area contributed by atoms with Crippen LogP contribution in [0, 0.1) is 5.82 Å². The number of urea groups is 1. The van der Waals surface area contributed by atoms with Gasteiger partial charge in [0, 0.05) is 14.7 Å². The number of halogens is 2. The highest BCUT2D eigenvalue weighted by molar-refractivity contribution is 9.10. The van der Waals surface area contributed by atoms with Crippen molar-refractivity contribution in [2.24, 2.45) is 0 Å². The molecule has 6 nitrogen and oxygen atoms in total. The van der Waals surface area contributed by atoms with Gasteiger partial charge in [-0.2, -0.15) is 0 Å². The van der Waals surface area contributed by atoms with Crippen molar-refractivity contribution in [3.63, 3.8) is 0 Å². The van der Waals surface area contributed by atoms with Crippen LogP contribution in [-0.2, 0) is 21.7 Å². The molecule has 1 aliphatic rings. The first kappa shape index (κ1) is 18.5. The number of carbonyl (C=O) groups is 3. The standard InChI is InChI=1S/C17H15BrFN3O3S/c1-17(10-2-4-12(19)5-3-10)15(24)22(16(25)21-17)8-14(23)20-7-13-6-11(18)9-26-13/h2-6,9H,7-8H2,1H3,(H,20,23)(H,21,25). The largest absolute Gasteiger partial charge is 0.350 e. The van der Waals surface area contributed by atoms with Gasteiger partial charge in [0.05, 0.1) is 6.54 Å². The van der Waals surface area contributed by atoms with Gasteiger partial charge in [0.25, 0.3) is 5.91 Å². The average molecular weight is 440 g/mol. The summed E-state index contributed by atoms with van der Waals surface area (Å²) >= 11 is 4.81. The minimum atomic E-state index is -1.33. The fourth-order valence-corrected chi connectivity index (χ4v) is 4.04. The summed E-state index contributed by atoms with van der Waals surface area (Å²) in [7, 11) is 0. The van der Waals surface area contributed by atoms with E-state index < -0.39 is 29.2 Å². The number of thiophene rings is 1. The smallest absolute Gasteiger partial charge is 0.325 e. The van der Waals surface area contributed by atoms with Crippen molar-refractivity contribution in [1.82, 2.24) is 15.5 Å². The molecule has 1 aliphatic heterocycles. The van der Waals surface area contributed by atoms with Gasteiger partial charge in [-0.25, -0.2) is 9.18 Å². The molecule has 26 heavy (non-hydrogen) atoms. The van der Waals surface area contributed by atoms with E-state index in [2.05, 4.69) is 26.6 Å². The van der Waals surface area contributed by atoms with Gasteiger partial charge in [0.1, 0.15) is 17.9 Å². The molecule has 1 aromatic heterocycles. The second-order valence-electron chi connectivity index (χ2n) is 5.96. The van der Waals surface area contributed by atoms with Crippen molar-refractivity contribution in [2.75, 3.05) is 6.54 Å². The number of benzene rings is 1. The molecule has 1 aromatic carbocycles. The fourth-order valence-electron chi connectivity index (χ4n) is 2.65. The third kappa shape index (κ3) is 3.63. The Morgan fingerprint density at radius 1 is 1.35 bits per heavy atom. The molecule has 9 heteroatoms. The van der Waals surface area contributed by atoms with E-state index in [1.54, 1.807) is 0 Å². The van der Waals surface area contributed by atoms with Crippen molar-refractivity contribution in [2.45, 2.75) is 19.0 Å². The summed E-state index contributed by atoms with van der Waals surface area (Å²) < 4.78 is 14.0. The number of rotatable bonds is 5. The Bertz CT molecular complexity index is 870. The Morgan fingerprint density at radius 2 is 2.04 bits per heavy atom. The fraction of sp³-hybridized carbons (Fsp3) is 0.235. The molecule has 0 aliphatic carbocycles. The number of carbonyl (C=O) groups excluding carboxylic acids is 3. The molecule has 2 N–H and O–H groups in total. The van der Waals surface area contributed by atoms with E-state index in [9.17, 15) is 18.8 Å². The van der Waals surface area contributed by atoms with Crippen molar-refractivity contribution >= 4 is 45.1 Å². The zero-order chi connectivity index (χ0) is 18.9. The number of hydrogen-bond donors (Lipinski definition) is 2. The first-order chi connectivity index (χ1) is 12.3. The molecule has 2 aromatic rings. The minimum Gasteiger partial charge on any atom is -0.350 e. The summed E-state index contributed by atoms with van der Waals surface area (Å²) in [5, 5.41) is 7.16. The zero-order valence-electron chi connectivity index (χ0n) is 13.7. The maximum atomic E-state index is 13.1. The Morgan fingerprint density at radius 3 is 2.65 bits per heavy atom. The Labute approximate surface area is 161 Å². The third-order valence-corrected chi connectivity index (χ3v) is 5.78. The van der Waals surface area contributed by atoms with E-state index in [0.29, 0.717) is 12.1 Å². The molecule has 4 amide bonds. The molecule has 136 valence electrons. The van der Waals surface area contributed by atoms with Crippen LogP contribution in [0.1, 0.15) is 17.4 Å². The van der Waals surface area contributed by atoms with Crippen molar-refractivity contribution in [1.29, 1.82) is 0 Å². The molecule has 0 spiro atoms. The van der Waals surface area contributed by atoms with E-state index in [1.165, 1.54) is 42.5 Å². The summed E-state index contributed by atoms with van der Waals surface area (Å²) in [6, 6.07) is 6.53. The first-order valence-corrected chi connectivity index (χ1v) is 9.36. The lowest BCUT2D eigenvalue weighted by Crippen LogP contribution is -2.43. The van der Waals surface area contributed by atoms with Crippen molar-refractivity contribution in [3.8, 4) is 0 Å². The predicted molar refractivity (Wildman–Crippen MR) is 97.9 cm³/mol. The molecule has 2 heterocycles. The van der Waals surface area contributed by atoms with Gasteiger partial charge < -0.3 is 10.6 Å². The SMILES string of the molecule is CC1(c2ccc(F)cc2)NC(=O)N(CC(=O)NCc2cc(Br)cs2)C1=O. The summed E-state index contributed by atoms with van der Waals surface area (Å²) in [6.45, 7) is 1.46. The number of amides is 4. The van der Waals surface area contributed by atoms with Gasteiger partial charge in [-0.3, -0.25) is 14.5 Å². The third-order valence-electron chi connectivity index (χ3n) is 4.08. The second kappa shape index (κ2) is 7.16. The number of nitrogens with zero attached hydrogens (tertiary/aromatic N) is 1. The normalized spacial score (nSPS) is 19.6. The zero-order valence-corrected chi connectivity index (χ0v) is 16.1. The van der Waals surface area contributed by atoms with Crippen LogP contribution < -0.4 is 10.6 Å². The van der Waals surface area contributed by atoms with Crippen LogP contribution in [0.4, 0.5) is 9.18 Å². The maximum Gasteiger partial charge on any atom is 0.325 e. The topological polar surface area (TPSA) is 78.5 Å². The van der Waals surface area contributed by atoms with Gasteiger partial charge in [-0.15, -0.1) is 11.3 Å². The summed E-state index contributed by atoms with van der Waals surface area (Å²) in [5.74, 6) is -1.44. The van der Waals surface area contributed by atoms with Gasteiger partial charge in [-0.05, 0) is 46.6 Å². The van der Waals surface area contributed by atoms with Gasteiger partial charge in [-0.1, -0.05) is 12.1 Å². The van der Waals surface area contributed by atoms with E-state index in [1.807, 2.05) is 11.4 Å². The van der Waals surface area contributed by atoms with Crippen LogP contribution in [-0.4, -0.2) is 29.3 Å². The lowest BCUT2D eigenvalue weighted by molar-refractivity contribution is -0.134. The van der Waals surface area contributed by atoms with Crippen LogP contribution in [0.15, 0.2) is 40.2 Å². The van der Waals surface area contributed by atoms with Crippen molar-refractivity contribution < 1.29 is 18.8 Å². The minimum absolute atomic E-state index is 0.313. The van der Waals surface area contributed by atoms with E-state index in [-0.39, 0.29) is 6.54 Å². The van der Waals surface area contributed by atoms with Crippen LogP contribution in [0.2, 0.25) is 0 Å².